The molecule has 3 saturated heterocycles. The molecule has 13 heteroatoms. The van der Waals surface area contributed by atoms with Gasteiger partial charge in [0.1, 0.15) is 23.7 Å². The first kappa shape index (κ1) is 39.4. The van der Waals surface area contributed by atoms with E-state index in [0.717, 1.165) is 100 Å². The lowest BCUT2D eigenvalue weighted by molar-refractivity contribution is -0.140. The summed E-state index contributed by atoms with van der Waals surface area (Å²) in [7, 11) is 1.30. The molecule has 0 saturated carbocycles. The monoisotopic (exact) mass is 808 g/mol. The minimum absolute atomic E-state index is 0.101. The van der Waals surface area contributed by atoms with Crippen LogP contribution in [0.4, 0.5) is 4.79 Å². The maximum Gasteiger partial charge on any atom is 0.407 e. The fraction of sp³-hybridized carbons (Fsp3) is 0.383. The predicted octanol–water partition coefficient (Wildman–Crippen LogP) is 7.55. The van der Waals surface area contributed by atoms with Crippen LogP contribution in [0.1, 0.15) is 74.9 Å². The Hall–Kier alpha value is -6.05. The standard InChI is InChI=1S/C47H52N8O5/c1-29(2)41(52-47(58)59-3)45(56)54-19-7-11-39(54)43-48-28-38(51-43)35-16-15-31-25-32(13-14-33(31)26-35)34-17-18-36-37(27-34)50-44(49-36)40-12-8-20-55(40)46(57)42(30-9-5-4-6-10-30)53-21-23-60-24-22-53/h4-6,9-10,13-18,25-29,39-42H,7-8,11-12,19-24H2,1-3H3,(H,48,51)(H,49,50)(H,52,58)/t39-,40-,41-,42+/m0/s1. The molecule has 0 aliphatic carbocycles. The fourth-order valence-corrected chi connectivity index (χ4v) is 9.26. The molecule has 3 aliphatic rings. The van der Waals surface area contributed by atoms with Gasteiger partial charge in [-0.25, -0.2) is 14.8 Å². The molecule has 3 N–H and O–H groups in total. The number of rotatable bonds is 10. The van der Waals surface area contributed by atoms with E-state index in [0.29, 0.717) is 26.3 Å². The van der Waals surface area contributed by atoms with Gasteiger partial charge in [-0.15, -0.1) is 0 Å². The Morgan fingerprint density at radius 2 is 1.42 bits per heavy atom. The van der Waals surface area contributed by atoms with Crippen molar-refractivity contribution in [2.75, 3.05) is 46.5 Å². The Kier molecular flexibility index (Phi) is 11.1. The zero-order valence-corrected chi connectivity index (χ0v) is 34.4. The molecular formula is C47H52N8O5. The second-order valence-electron chi connectivity index (χ2n) is 16.5. The van der Waals surface area contributed by atoms with Crippen molar-refractivity contribution in [1.82, 2.24) is 40.0 Å². The summed E-state index contributed by atoms with van der Waals surface area (Å²) < 4.78 is 10.4. The van der Waals surface area contributed by atoms with E-state index in [4.69, 9.17) is 19.4 Å². The number of carbonyl (C=O) groups is 3. The number of nitrogens with one attached hydrogen (secondary N) is 3. The van der Waals surface area contributed by atoms with Gasteiger partial charge in [-0.2, -0.15) is 0 Å². The average Bonchev–Trinajstić information content (AvgIpc) is 4.12. The highest BCUT2D eigenvalue weighted by atomic mass is 16.5. The van der Waals surface area contributed by atoms with Crippen molar-refractivity contribution in [2.45, 2.75) is 63.7 Å². The average molecular weight is 809 g/mol. The fourth-order valence-electron chi connectivity index (χ4n) is 9.26. The first-order valence-corrected chi connectivity index (χ1v) is 21.2. The molecule has 4 aromatic carbocycles. The lowest BCUT2D eigenvalue weighted by Gasteiger charge is -2.37. The molecule has 3 amide bonds. The molecule has 6 aromatic rings. The summed E-state index contributed by atoms with van der Waals surface area (Å²) >= 11 is 0. The van der Waals surface area contributed by atoms with Gasteiger partial charge < -0.3 is 34.6 Å². The molecule has 60 heavy (non-hydrogen) atoms. The van der Waals surface area contributed by atoms with E-state index in [-0.39, 0.29) is 35.9 Å². The van der Waals surface area contributed by atoms with Gasteiger partial charge in [-0.1, -0.05) is 74.5 Å². The maximum absolute atomic E-state index is 14.4. The summed E-state index contributed by atoms with van der Waals surface area (Å²) in [6.45, 7) is 7.83. The molecule has 5 heterocycles. The number of imidazole rings is 2. The first-order chi connectivity index (χ1) is 29.2. The van der Waals surface area contributed by atoms with Crippen molar-refractivity contribution in [1.29, 1.82) is 0 Å². The van der Waals surface area contributed by atoms with Crippen LogP contribution >= 0.6 is 0 Å². The number of hydrogen-bond donors (Lipinski definition) is 3. The molecule has 0 unspecified atom stereocenters. The van der Waals surface area contributed by atoms with Gasteiger partial charge in [0.05, 0.1) is 55.3 Å². The number of likely N-dealkylation sites (tertiary alicyclic amines) is 2. The van der Waals surface area contributed by atoms with Crippen LogP contribution in [0.5, 0.6) is 0 Å². The predicted molar refractivity (Wildman–Crippen MR) is 230 cm³/mol. The Morgan fingerprint density at radius 3 is 2.13 bits per heavy atom. The third kappa shape index (κ3) is 7.75. The molecule has 310 valence electrons. The molecular weight excluding hydrogens is 757 g/mol. The van der Waals surface area contributed by atoms with Crippen molar-refractivity contribution >= 4 is 39.7 Å². The number of alkyl carbamates (subject to hydrolysis) is 1. The van der Waals surface area contributed by atoms with Gasteiger partial charge in [0.2, 0.25) is 11.8 Å². The quantitative estimate of drug-likeness (QED) is 0.129. The van der Waals surface area contributed by atoms with E-state index in [2.05, 4.69) is 86.9 Å². The molecule has 0 radical (unpaired) electrons. The second kappa shape index (κ2) is 16.9. The number of aromatic amines is 2. The van der Waals surface area contributed by atoms with Gasteiger partial charge in [0.25, 0.3) is 0 Å². The Morgan fingerprint density at radius 1 is 0.767 bits per heavy atom. The van der Waals surface area contributed by atoms with Crippen LogP contribution in [-0.4, -0.2) is 105 Å². The van der Waals surface area contributed by atoms with Crippen LogP contribution in [0.15, 0.2) is 91.1 Å². The van der Waals surface area contributed by atoms with Crippen molar-refractivity contribution in [3.05, 3.63) is 108 Å². The first-order valence-electron chi connectivity index (χ1n) is 21.2. The molecule has 3 aliphatic heterocycles. The van der Waals surface area contributed by atoms with Crippen molar-refractivity contribution in [2.24, 2.45) is 5.92 Å². The molecule has 4 atom stereocenters. The number of carbonyl (C=O) groups excluding carboxylic acids is 3. The smallest absolute Gasteiger partial charge is 0.407 e. The highest BCUT2D eigenvalue weighted by Crippen LogP contribution is 2.37. The minimum atomic E-state index is -0.684. The number of hydrogen-bond acceptors (Lipinski definition) is 8. The van der Waals surface area contributed by atoms with Crippen molar-refractivity contribution in [3.63, 3.8) is 0 Å². The molecule has 2 aromatic heterocycles. The van der Waals surface area contributed by atoms with E-state index in [1.165, 1.54) is 7.11 Å². The Labute approximate surface area is 349 Å². The second-order valence-corrected chi connectivity index (χ2v) is 16.5. The van der Waals surface area contributed by atoms with Gasteiger partial charge >= 0.3 is 6.09 Å². The summed E-state index contributed by atoms with van der Waals surface area (Å²) in [5.74, 6) is 1.46. The zero-order chi connectivity index (χ0) is 41.3. The summed E-state index contributed by atoms with van der Waals surface area (Å²) in [4.78, 5) is 63.1. The Balaban J connectivity index is 0.916. The van der Waals surface area contributed by atoms with Crippen molar-refractivity contribution < 1.29 is 23.9 Å². The lowest BCUT2D eigenvalue weighted by Crippen LogP contribution is -2.51. The van der Waals surface area contributed by atoms with Crippen LogP contribution in [0.3, 0.4) is 0 Å². The van der Waals surface area contributed by atoms with E-state index in [9.17, 15) is 14.4 Å². The van der Waals surface area contributed by atoms with Crippen LogP contribution < -0.4 is 5.32 Å². The number of morpholine rings is 1. The van der Waals surface area contributed by atoms with E-state index < -0.39 is 12.1 Å². The SMILES string of the molecule is COC(=O)N[C@H](C(=O)N1CCC[C@H]1c1ncc(-c2ccc3cc(-c4ccc5nc([C@@H]6CCCN6C(=O)[C@@H](c6ccccc6)N6CCOCC6)[nH]c5c4)ccc3c2)[nH]1)C(C)C. The molecule has 13 nitrogen and oxygen atoms in total. The van der Waals surface area contributed by atoms with Gasteiger partial charge in [-0.3, -0.25) is 14.5 Å². The highest BCUT2D eigenvalue weighted by molar-refractivity contribution is 5.92. The molecule has 0 bridgehead atoms. The third-order valence-corrected chi connectivity index (χ3v) is 12.4. The number of aromatic nitrogens is 4. The number of amides is 3. The van der Waals surface area contributed by atoms with Gasteiger partial charge in [0.15, 0.2) is 0 Å². The lowest BCUT2D eigenvalue weighted by atomic mass is 9.99. The zero-order valence-electron chi connectivity index (χ0n) is 34.4. The highest BCUT2D eigenvalue weighted by Gasteiger charge is 2.40. The summed E-state index contributed by atoms with van der Waals surface area (Å²) in [5.41, 5.74) is 6.90. The van der Waals surface area contributed by atoms with E-state index in [1.54, 1.807) is 0 Å². The third-order valence-electron chi connectivity index (χ3n) is 12.4. The van der Waals surface area contributed by atoms with Crippen molar-refractivity contribution in [3.8, 4) is 22.4 Å². The number of ether oxygens (including phenoxy) is 2. The summed E-state index contributed by atoms with van der Waals surface area (Å²) in [6, 6.07) is 28.0. The number of fused-ring (bicyclic) bond motifs is 2. The summed E-state index contributed by atoms with van der Waals surface area (Å²) in [6.07, 6.45) is 4.65. The van der Waals surface area contributed by atoms with Gasteiger partial charge in [-0.05, 0) is 83.3 Å². The van der Waals surface area contributed by atoms with E-state index in [1.807, 2.05) is 48.0 Å². The number of nitrogens with zero attached hydrogens (tertiary/aromatic N) is 5. The largest absolute Gasteiger partial charge is 0.453 e. The van der Waals surface area contributed by atoms with Gasteiger partial charge in [0, 0.05) is 31.7 Å². The number of benzene rings is 4. The minimum Gasteiger partial charge on any atom is -0.453 e. The maximum atomic E-state index is 14.4. The van der Waals surface area contributed by atoms with Crippen LogP contribution in [0.2, 0.25) is 0 Å². The molecule has 9 rings (SSSR count). The number of H-pyrrole nitrogens is 2. The van der Waals surface area contributed by atoms with E-state index >= 15 is 0 Å². The molecule has 3 fully saturated rings. The summed E-state index contributed by atoms with van der Waals surface area (Å²) in [5, 5.41) is 4.92. The Bertz CT molecular complexity index is 2510. The normalized spacial score (nSPS) is 19.6. The topological polar surface area (TPSA) is 149 Å². The molecule has 0 spiro atoms. The number of methoxy groups -OCH3 is 1. The van der Waals surface area contributed by atoms with Crippen LogP contribution in [0, 0.1) is 5.92 Å². The van der Waals surface area contributed by atoms with Crippen LogP contribution in [-0.2, 0) is 19.1 Å². The van der Waals surface area contributed by atoms with Crippen LogP contribution in [0.25, 0.3) is 44.2 Å².